The first-order chi connectivity index (χ1) is 7.97. The highest BCUT2D eigenvalue weighted by molar-refractivity contribution is 6.53. The van der Waals surface area contributed by atoms with E-state index >= 15 is 0 Å². The van der Waals surface area contributed by atoms with Gasteiger partial charge in [0.2, 0.25) is 0 Å². The predicted octanol–water partition coefficient (Wildman–Crippen LogP) is 3.63. The van der Waals surface area contributed by atoms with E-state index in [9.17, 15) is 0 Å². The van der Waals surface area contributed by atoms with E-state index in [-0.39, 0.29) is 12.5 Å². The molecule has 0 N–H and O–H groups in total. The van der Waals surface area contributed by atoms with Gasteiger partial charge in [-0.15, -0.1) is 5.73 Å². The molecule has 2 nitrogen and oxygen atoms in total. The summed E-state index contributed by atoms with van der Waals surface area (Å²) in [5, 5.41) is 0. The minimum Gasteiger partial charge on any atom is -0.519 e. The first kappa shape index (κ1) is 11.9. The van der Waals surface area contributed by atoms with E-state index in [1.807, 2.05) is 30.2 Å². The molecule has 0 unspecified atom stereocenters. The molecule has 0 amide bonds. The standard InChI is InChI=1S/C14H17BO2/c1-11(14(2,3)4)9-10-15-16-12-7-5-6-8-13(12)17-15/h5-8,10H,1-4H3. The van der Waals surface area contributed by atoms with Gasteiger partial charge in [0.15, 0.2) is 0 Å². The molecule has 0 aromatic heterocycles. The Morgan fingerprint density at radius 3 is 2.18 bits per heavy atom. The molecule has 0 atom stereocenters. The zero-order valence-corrected chi connectivity index (χ0v) is 10.8. The summed E-state index contributed by atoms with van der Waals surface area (Å²) in [4.78, 5) is 0. The zero-order valence-electron chi connectivity index (χ0n) is 10.8. The van der Waals surface area contributed by atoms with Crippen LogP contribution in [0.25, 0.3) is 0 Å². The Labute approximate surface area is 103 Å². The molecule has 1 aromatic carbocycles. The van der Waals surface area contributed by atoms with Gasteiger partial charge in [-0.25, -0.2) is 0 Å². The van der Waals surface area contributed by atoms with Crippen molar-refractivity contribution in [3.63, 3.8) is 0 Å². The van der Waals surface area contributed by atoms with E-state index in [0.717, 1.165) is 11.5 Å². The summed E-state index contributed by atoms with van der Waals surface area (Å²) in [6.07, 6.45) is 0. The first-order valence-corrected chi connectivity index (χ1v) is 5.83. The molecule has 0 bridgehead atoms. The van der Waals surface area contributed by atoms with Gasteiger partial charge in [-0.05, 0) is 30.0 Å². The third-order valence-electron chi connectivity index (χ3n) is 2.90. The summed E-state index contributed by atoms with van der Waals surface area (Å²) in [7, 11) is -0.357. The van der Waals surface area contributed by atoms with Gasteiger partial charge in [-0.1, -0.05) is 32.9 Å². The summed E-state index contributed by atoms with van der Waals surface area (Å²) in [5.41, 5.74) is 4.55. The number of para-hydroxylation sites is 2. The van der Waals surface area contributed by atoms with Crippen LogP contribution in [0.5, 0.6) is 11.5 Å². The van der Waals surface area contributed by atoms with Gasteiger partial charge in [0.25, 0.3) is 0 Å². The Morgan fingerprint density at radius 1 is 1.18 bits per heavy atom. The van der Waals surface area contributed by atoms with Crippen molar-refractivity contribution in [2.45, 2.75) is 27.7 Å². The molecular weight excluding hydrogens is 211 g/mol. The van der Waals surface area contributed by atoms with Gasteiger partial charge >= 0.3 is 7.12 Å². The lowest BCUT2D eigenvalue weighted by atomic mass is 9.85. The van der Waals surface area contributed by atoms with Gasteiger partial charge in [0.1, 0.15) is 11.5 Å². The normalized spacial score (nSPS) is 13.3. The second-order valence-corrected chi connectivity index (χ2v) is 5.24. The third kappa shape index (κ3) is 2.75. The summed E-state index contributed by atoms with van der Waals surface area (Å²) in [6, 6.07) is 7.68. The summed E-state index contributed by atoms with van der Waals surface area (Å²) < 4.78 is 11.2. The maximum Gasteiger partial charge on any atom is 0.633 e. The number of hydrogen-bond donors (Lipinski definition) is 0. The molecule has 0 radical (unpaired) electrons. The molecule has 0 saturated heterocycles. The van der Waals surface area contributed by atoms with E-state index in [1.54, 1.807) is 0 Å². The lowest BCUT2D eigenvalue weighted by molar-refractivity contribution is 0.504. The maximum absolute atomic E-state index is 5.62. The smallest absolute Gasteiger partial charge is 0.519 e. The molecule has 0 aliphatic carbocycles. The van der Waals surface area contributed by atoms with Crippen LogP contribution < -0.4 is 9.31 Å². The zero-order chi connectivity index (χ0) is 12.5. The van der Waals surface area contributed by atoms with Crippen LogP contribution in [0.3, 0.4) is 0 Å². The molecule has 0 fully saturated rings. The molecule has 3 heteroatoms. The molecule has 0 spiro atoms. The van der Waals surface area contributed by atoms with E-state index in [0.29, 0.717) is 0 Å². The lowest BCUT2D eigenvalue weighted by Gasteiger charge is -2.16. The topological polar surface area (TPSA) is 18.5 Å². The Bertz CT molecular complexity index is 454. The summed E-state index contributed by atoms with van der Waals surface area (Å²) >= 11 is 0. The fraction of sp³-hybridized carbons (Fsp3) is 0.357. The second kappa shape index (κ2) is 4.35. The van der Waals surface area contributed by atoms with E-state index in [4.69, 9.17) is 9.31 Å². The average Bonchev–Trinajstić information content (AvgIpc) is 2.66. The van der Waals surface area contributed by atoms with Gasteiger partial charge in [0, 0.05) is 5.98 Å². The molecule has 17 heavy (non-hydrogen) atoms. The number of allylic oxidation sites excluding steroid dienone is 1. The van der Waals surface area contributed by atoms with Crippen LogP contribution in [0.15, 0.2) is 41.5 Å². The fourth-order valence-electron chi connectivity index (χ4n) is 1.40. The van der Waals surface area contributed by atoms with E-state index in [2.05, 4.69) is 33.4 Å². The molecule has 2 rings (SSSR count). The Balaban J connectivity index is 2.13. The summed E-state index contributed by atoms with van der Waals surface area (Å²) in [5.74, 6) is 3.42. The predicted molar refractivity (Wildman–Crippen MR) is 70.2 cm³/mol. The summed E-state index contributed by atoms with van der Waals surface area (Å²) in [6.45, 7) is 8.55. The van der Waals surface area contributed by atoms with Crippen LogP contribution in [-0.4, -0.2) is 7.12 Å². The fourth-order valence-corrected chi connectivity index (χ4v) is 1.40. The lowest BCUT2D eigenvalue weighted by Crippen LogP contribution is -2.21. The van der Waals surface area contributed by atoms with Crippen LogP contribution in [0, 0.1) is 5.41 Å². The minimum absolute atomic E-state index is 0.127. The van der Waals surface area contributed by atoms with Gasteiger partial charge in [0.05, 0.1) is 0 Å². The largest absolute Gasteiger partial charge is 0.633 e. The molecule has 0 saturated carbocycles. The van der Waals surface area contributed by atoms with E-state index < -0.39 is 0 Å². The number of benzene rings is 1. The quantitative estimate of drug-likeness (QED) is 0.539. The number of fused-ring (bicyclic) bond motifs is 1. The van der Waals surface area contributed by atoms with Gasteiger partial charge in [-0.2, -0.15) is 0 Å². The van der Waals surface area contributed by atoms with Crippen molar-refractivity contribution in [3.8, 4) is 11.5 Å². The third-order valence-corrected chi connectivity index (χ3v) is 2.90. The van der Waals surface area contributed by atoms with Crippen molar-refractivity contribution in [2.24, 2.45) is 5.41 Å². The van der Waals surface area contributed by atoms with Crippen LogP contribution in [0.1, 0.15) is 27.7 Å². The maximum atomic E-state index is 5.62. The van der Waals surface area contributed by atoms with Gasteiger partial charge in [-0.3, -0.25) is 0 Å². The van der Waals surface area contributed by atoms with Crippen LogP contribution in [0.4, 0.5) is 0 Å². The molecule has 1 heterocycles. The number of rotatable bonds is 1. The Morgan fingerprint density at radius 2 is 1.71 bits per heavy atom. The molecule has 88 valence electrons. The van der Waals surface area contributed by atoms with Crippen molar-refractivity contribution < 1.29 is 9.31 Å². The second-order valence-electron chi connectivity index (χ2n) is 5.24. The number of hydrogen-bond acceptors (Lipinski definition) is 2. The van der Waals surface area contributed by atoms with Crippen LogP contribution in [0.2, 0.25) is 0 Å². The van der Waals surface area contributed by atoms with Crippen molar-refractivity contribution in [2.75, 3.05) is 0 Å². The van der Waals surface area contributed by atoms with Crippen molar-refractivity contribution in [3.05, 3.63) is 41.5 Å². The van der Waals surface area contributed by atoms with E-state index in [1.165, 1.54) is 5.57 Å². The molecule has 1 aliphatic heterocycles. The van der Waals surface area contributed by atoms with Crippen LogP contribution in [-0.2, 0) is 0 Å². The average molecular weight is 228 g/mol. The molecule has 1 aromatic rings. The van der Waals surface area contributed by atoms with Crippen molar-refractivity contribution in [1.29, 1.82) is 0 Å². The molecular formula is C14H17BO2. The Hall–Kier alpha value is -1.60. The Kier molecular flexibility index (Phi) is 3.04. The van der Waals surface area contributed by atoms with Crippen molar-refractivity contribution >= 4 is 7.12 Å². The highest BCUT2D eigenvalue weighted by atomic mass is 16.6. The van der Waals surface area contributed by atoms with Gasteiger partial charge < -0.3 is 9.31 Å². The first-order valence-electron chi connectivity index (χ1n) is 5.83. The van der Waals surface area contributed by atoms with Crippen molar-refractivity contribution in [1.82, 2.24) is 0 Å². The highest BCUT2D eigenvalue weighted by Gasteiger charge is 2.28. The minimum atomic E-state index is -0.357. The SMILES string of the molecule is CC(=C=CB1Oc2ccccc2O1)C(C)(C)C. The molecule has 1 aliphatic rings. The van der Waals surface area contributed by atoms with Crippen LogP contribution >= 0.6 is 0 Å². The monoisotopic (exact) mass is 228 g/mol. The highest BCUT2D eigenvalue weighted by Crippen LogP contribution is 2.32.